The van der Waals surface area contributed by atoms with Gasteiger partial charge in [-0.25, -0.2) is 14.8 Å². The fraction of sp³-hybridized carbons (Fsp3) is 0.583. The Hall–Kier alpha value is -1.65. The van der Waals surface area contributed by atoms with Crippen LogP contribution in [0, 0.1) is 0 Å². The van der Waals surface area contributed by atoms with Crippen LogP contribution in [0.1, 0.15) is 38.3 Å². The molecule has 5 nitrogen and oxygen atoms in total. The van der Waals surface area contributed by atoms with Crippen molar-refractivity contribution in [2.45, 2.75) is 38.6 Å². The fourth-order valence-corrected chi connectivity index (χ4v) is 2.13. The van der Waals surface area contributed by atoms with Gasteiger partial charge in [0.2, 0.25) is 0 Å². The molecule has 2 rings (SSSR count). The van der Waals surface area contributed by atoms with E-state index in [2.05, 4.69) is 23.8 Å². The van der Waals surface area contributed by atoms with Crippen molar-refractivity contribution in [3.63, 3.8) is 0 Å². The molecule has 0 radical (unpaired) electrons. The third-order valence-electron chi connectivity index (χ3n) is 3.10. The summed E-state index contributed by atoms with van der Waals surface area (Å²) in [6.45, 7) is 4.88. The van der Waals surface area contributed by atoms with Gasteiger partial charge in [-0.3, -0.25) is 0 Å². The second-order valence-electron chi connectivity index (χ2n) is 4.65. The van der Waals surface area contributed by atoms with Gasteiger partial charge in [-0.15, -0.1) is 0 Å². The molecule has 5 heteroatoms. The number of aliphatic carboxylic acids is 1. The van der Waals surface area contributed by atoms with Gasteiger partial charge in [0.1, 0.15) is 18.2 Å². The van der Waals surface area contributed by atoms with Crippen molar-refractivity contribution in [3.8, 4) is 0 Å². The van der Waals surface area contributed by atoms with Crippen LogP contribution < -0.4 is 4.90 Å². The van der Waals surface area contributed by atoms with Crippen LogP contribution in [0.3, 0.4) is 0 Å². The monoisotopic (exact) mass is 235 g/mol. The summed E-state index contributed by atoms with van der Waals surface area (Å²) in [5.41, 5.74) is 0.950. The van der Waals surface area contributed by atoms with Crippen LogP contribution in [0.2, 0.25) is 0 Å². The molecule has 1 aromatic heterocycles. The number of rotatable bonds is 3. The van der Waals surface area contributed by atoms with E-state index in [1.807, 2.05) is 11.0 Å². The van der Waals surface area contributed by atoms with Crippen molar-refractivity contribution in [1.82, 2.24) is 9.97 Å². The Morgan fingerprint density at radius 3 is 2.94 bits per heavy atom. The molecule has 1 fully saturated rings. The number of hydrogen-bond donors (Lipinski definition) is 1. The van der Waals surface area contributed by atoms with Gasteiger partial charge in [-0.1, -0.05) is 13.8 Å². The molecule has 1 aromatic rings. The maximum absolute atomic E-state index is 11.1. The number of hydrogen-bond acceptors (Lipinski definition) is 4. The van der Waals surface area contributed by atoms with E-state index in [4.69, 9.17) is 5.11 Å². The molecule has 1 unspecified atom stereocenters. The lowest BCUT2D eigenvalue weighted by atomic mass is 10.1. The zero-order valence-corrected chi connectivity index (χ0v) is 10.1. The number of aromatic nitrogens is 2. The molecule has 92 valence electrons. The van der Waals surface area contributed by atoms with E-state index < -0.39 is 12.0 Å². The second-order valence-corrected chi connectivity index (χ2v) is 4.65. The first kappa shape index (κ1) is 11.8. The van der Waals surface area contributed by atoms with Crippen LogP contribution in [-0.2, 0) is 4.79 Å². The summed E-state index contributed by atoms with van der Waals surface area (Å²) in [7, 11) is 0. The van der Waals surface area contributed by atoms with Crippen molar-refractivity contribution in [1.29, 1.82) is 0 Å². The molecular formula is C12H17N3O2. The normalized spacial score (nSPS) is 19.9. The molecule has 1 aliphatic rings. The summed E-state index contributed by atoms with van der Waals surface area (Å²) in [4.78, 5) is 21.4. The average molecular weight is 235 g/mol. The highest BCUT2D eigenvalue weighted by molar-refractivity contribution is 5.78. The summed E-state index contributed by atoms with van der Waals surface area (Å²) < 4.78 is 0. The lowest BCUT2D eigenvalue weighted by Crippen LogP contribution is -2.36. The molecule has 2 heterocycles. The first-order valence-electron chi connectivity index (χ1n) is 5.91. The summed E-state index contributed by atoms with van der Waals surface area (Å²) in [6.07, 6.45) is 3.11. The largest absolute Gasteiger partial charge is 0.480 e. The zero-order valence-electron chi connectivity index (χ0n) is 10.1. The third kappa shape index (κ3) is 2.38. The predicted octanol–water partition coefficient (Wildman–Crippen LogP) is 1.65. The number of carbonyl (C=O) groups is 1. The standard InChI is InChI=1S/C12H17N3O2/c1-8(2)9-6-11(14-7-13-9)15-5-3-4-10(15)12(16)17/h6-8,10H,3-5H2,1-2H3,(H,16,17). The Labute approximate surface area is 100 Å². The van der Waals surface area contributed by atoms with Gasteiger partial charge in [-0.2, -0.15) is 0 Å². The van der Waals surface area contributed by atoms with Gasteiger partial charge in [-0.05, 0) is 18.8 Å². The van der Waals surface area contributed by atoms with E-state index in [1.54, 1.807) is 0 Å². The average Bonchev–Trinajstić information content (AvgIpc) is 2.78. The molecule has 0 aromatic carbocycles. The van der Waals surface area contributed by atoms with Crippen molar-refractivity contribution in [3.05, 3.63) is 18.1 Å². The molecule has 0 saturated carbocycles. The number of carboxylic acid groups (broad SMARTS) is 1. The summed E-state index contributed by atoms with van der Waals surface area (Å²) in [5, 5.41) is 9.14. The van der Waals surface area contributed by atoms with E-state index in [-0.39, 0.29) is 0 Å². The summed E-state index contributed by atoms with van der Waals surface area (Å²) in [5.74, 6) is 0.281. The molecule has 1 N–H and O–H groups in total. The molecule has 1 aliphatic heterocycles. The maximum Gasteiger partial charge on any atom is 0.326 e. The smallest absolute Gasteiger partial charge is 0.326 e. The van der Waals surface area contributed by atoms with E-state index in [0.717, 1.165) is 24.5 Å². The SMILES string of the molecule is CC(C)c1cc(N2CCCC2C(=O)O)ncn1. The number of anilines is 1. The van der Waals surface area contributed by atoms with Gasteiger partial charge >= 0.3 is 5.97 Å². The van der Waals surface area contributed by atoms with Crippen LogP contribution in [0.4, 0.5) is 5.82 Å². The first-order valence-corrected chi connectivity index (χ1v) is 5.91. The van der Waals surface area contributed by atoms with Crippen LogP contribution in [0.5, 0.6) is 0 Å². The highest BCUT2D eigenvalue weighted by Gasteiger charge is 2.31. The minimum atomic E-state index is -0.771. The number of nitrogens with zero attached hydrogens (tertiary/aromatic N) is 3. The first-order chi connectivity index (χ1) is 8.09. The van der Waals surface area contributed by atoms with Crippen molar-refractivity contribution in [2.75, 3.05) is 11.4 Å². The van der Waals surface area contributed by atoms with E-state index in [0.29, 0.717) is 12.3 Å². The molecule has 1 atom stereocenters. The highest BCUT2D eigenvalue weighted by Crippen LogP contribution is 2.25. The van der Waals surface area contributed by atoms with Gasteiger partial charge in [0, 0.05) is 18.3 Å². The Morgan fingerprint density at radius 1 is 1.53 bits per heavy atom. The fourth-order valence-electron chi connectivity index (χ4n) is 2.13. The summed E-state index contributed by atoms with van der Waals surface area (Å²) >= 11 is 0. The van der Waals surface area contributed by atoms with Crippen LogP contribution in [0.15, 0.2) is 12.4 Å². The minimum absolute atomic E-state index is 0.322. The molecule has 0 aliphatic carbocycles. The van der Waals surface area contributed by atoms with Gasteiger partial charge < -0.3 is 10.0 Å². The second kappa shape index (κ2) is 4.69. The molecule has 17 heavy (non-hydrogen) atoms. The third-order valence-corrected chi connectivity index (χ3v) is 3.10. The van der Waals surface area contributed by atoms with E-state index in [1.165, 1.54) is 6.33 Å². The Balaban J connectivity index is 2.27. The van der Waals surface area contributed by atoms with Crippen molar-refractivity contribution >= 4 is 11.8 Å². The molecule has 0 amide bonds. The highest BCUT2D eigenvalue weighted by atomic mass is 16.4. The van der Waals surface area contributed by atoms with E-state index in [9.17, 15) is 4.79 Å². The lowest BCUT2D eigenvalue weighted by molar-refractivity contribution is -0.138. The quantitative estimate of drug-likeness (QED) is 0.863. The Morgan fingerprint density at radius 2 is 2.29 bits per heavy atom. The van der Waals surface area contributed by atoms with Crippen LogP contribution in [0.25, 0.3) is 0 Å². The Bertz CT molecular complexity index is 420. The van der Waals surface area contributed by atoms with Gasteiger partial charge in [0.15, 0.2) is 0 Å². The van der Waals surface area contributed by atoms with Crippen LogP contribution >= 0.6 is 0 Å². The van der Waals surface area contributed by atoms with Crippen molar-refractivity contribution < 1.29 is 9.90 Å². The van der Waals surface area contributed by atoms with Gasteiger partial charge in [0.25, 0.3) is 0 Å². The molecule has 0 spiro atoms. The summed E-state index contributed by atoms with van der Waals surface area (Å²) in [6, 6.07) is 1.45. The topological polar surface area (TPSA) is 66.3 Å². The zero-order chi connectivity index (χ0) is 12.4. The lowest BCUT2D eigenvalue weighted by Gasteiger charge is -2.22. The molecule has 1 saturated heterocycles. The molecule has 0 bridgehead atoms. The number of carboxylic acids is 1. The van der Waals surface area contributed by atoms with Crippen LogP contribution in [-0.4, -0.2) is 33.6 Å². The maximum atomic E-state index is 11.1. The minimum Gasteiger partial charge on any atom is -0.480 e. The molecular weight excluding hydrogens is 218 g/mol. The predicted molar refractivity (Wildman–Crippen MR) is 64.1 cm³/mol. The van der Waals surface area contributed by atoms with Crippen molar-refractivity contribution in [2.24, 2.45) is 0 Å². The Kier molecular flexibility index (Phi) is 3.26. The van der Waals surface area contributed by atoms with Gasteiger partial charge in [0.05, 0.1) is 0 Å². The van der Waals surface area contributed by atoms with E-state index >= 15 is 0 Å².